The predicted octanol–water partition coefficient (Wildman–Crippen LogP) is 5.99. The second kappa shape index (κ2) is 20.5. The number of amides is 1. The highest BCUT2D eigenvalue weighted by Gasteiger charge is 2.27. The van der Waals surface area contributed by atoms with Crippen LogP contribution in [0.25, 0.3) is 22.1 Å². The Kier molecular flexibility index (Phi) is 14.7. The molecule has 7 rings (SSSR count). The second-order valence-corrected chi connectivity index (χ2v) is 16.4. The molecule has 18 nitrogen and oxygen atoms in total. The van der Waals surface area contributed by atoms with Crippen LogP contribution in [-0.2, 0) is 46.7 Å². The largest absolute Gasteiger partial charge is 0.494 e. The maximum Gasteiger partial charge on any atom is 0.338 e. The minimum Gasteiger partial charge on any atom is -0.494 e. The van der Waals surface area contributed by atoms with Crippen LogP contribution in [0.1, 0.15) is 83.4 Å². The molecule has 0 unspecified atom stereocenters. The zero-order valence-electron chi connectivity index (χ0n) is 37.5. The predicted molar refractivity (Wildman–Crippen MR) is 240 cm³/mol. The van der Waals surface area contributed by atoms with E-state index in [0.29, 0.717) is 82.6 Å². The number of imidazole rings is 2. The van der Waals surface area contributed by atoms with Gasteiger partial charge in [0.25, 0.3) is 5.91 Å². The van der Waals surface area contributed by atoms with Gasteiger partial charge in [-0.05, 0) is 57.9 Å². The molecule has 1 saturated heterocycles. The molecule has 1 N–H and O–H groups in total. The summed E-state index contributed by atoms with van der Waals surface area (Å²) in [6.45, 7) is 11.7. The van der Waals surface area contributed by atoms with E-state index in [1.165, 1.54) is 44.3 Å². The number of rotatable bonds is 19. The number of fused-ring (bicyclic) bond motifs is 2. The van der Waals surface area contributed by atoms with Gasteiger partial charge in [0, 0.05) is 39.3 Å². The Morgan fingerprint density at radius 1 is 0.877 bits per heavy atom. The van der Waals surface area contributed by atoms with Crippen LogP contribution in [0.2, 0.25) is 0 Å². The molecule has 1 amide bonds. The van der Waals surface area contributed by atoms with Crippen molar-refractivity contribution in [1.29, 1.82) is 0 Å². The lowest BCUT2D eigenvalue weighted by atomic mass is 10.1. The summed E-state index contributed by atoms with van der Waals surface area (Å²) in [6.07, 6.45) is 4.64. The third-order valence-corrected chi connectivity index (χ3v) is 12.0. The van der Waals surface area contributed by atoms with Crippen LogP contribution in [0, 0.1) is 19.7 Å². The van der Waals surface area contributed by atoms with Crippen molar-refractivity contribution in [1.82, 2.24) is 38.8 Å². The van der Waals surface area contributed by atoms with E-state index in [9.17, 15) is 19.2 Å². The number of halogens is 1. The number of methoxy groups -OCH3 is 3. The van der Waals surface area contributed by atoms with Gasteiger partial charge in [0.2, 0.25) is 5.95 Å². The van der Waals surface area contributed by atoms with Gasteiger partial charge in [-0.2, -0.15) is 5.10 Å². The Balaban J connectivity index is 1.27. The third kappa shape index (κ3) is 9.93. The van der Waals surface area contributed by atoms with Crippen molar-refractivity contribution in [2.24, 2.45) is 0 Å². The average Bonchev–Trinajstić information content (AvgIpc) is 4.06. The van der Waals surface area contributed by atoms with E-state index < -0.39 is 23.5 Å². The van der Waals surface area contributed by atoms with Gasteiger partial charge >= 0.3 is 11.9 Å². The van der Waals surface area contributed by atoms with Crippen LogP contribution in [0.3, 0.4) is 0 Å². The smallest absolute Gasteiger partial charge is 0.338 e. The SMILES string of the molecule is CCc1nc(C)sc1C(=O)Nc1nc2cc(C(=O)OC)cc(OC)c2n1C/C=C/Cn1c(CC(=O)c2c(F)c(C)nn2CC)nc2cc(C(=O)OC)cc(OCCCN3CCOCC3)c21. The molecule has 20 heteroatoms. The monoisotopic (exact) mass is 913 g/mol. The molecule has 0 bridgehead atoms. The van der Waals surface area contributed by atoms with Gasteiger partial charge in [-0.3, -0.25) is 24.5 Å². The third-order valence-electron chi connectivity index (χ3n) is 11.0. The summed E-state index contributed by atoms with van der Waals surface area (Å²) < 4.78 is 48.0. The van der Waals surface area contributed by atoms with Crippen molar-refractivity contribution in [3.8, 4) is 11.5 Å². The highest BCUT2D eigenvalue weighted by molar-refractivity contribution is 7.13. The number of aryl methyl sites for hydroxylation is 4. The number of allylic oxidation sites excluding steroid dienone is 2. The zero-order valence-corrected chi connectivity index (χ0v) is 38.3. The molecule has 0 spiro atoms. The average molecular weight is 914 g/mol. The molecule has 0 atom stereocenters. The molecule has 344 valence electrons. The molecule has 65 heavy (non-hydrogen) atoms. The van der Waals surface area contributed by atoms with Crippen molar-refractivity contribution >= 4 is 63.0 Å². The molecule has 5 heterocycles. The van der Waals surface area contributed by atoms with E-state index >= 15 is 4.39 Å². The fourth-order valence-corrected chi connectivity index (χ4v) is 8.74. The van der Waals surface area contributed by atoms with Crippen LogP contribution in [-0.4, -0.2) is 123 Å². The first-order chi connectivity index (χ1) is 31.4. The van der Waals surface area contributed by atoms with Crippen LogP contribution in [0.15, 0.2) is 36.4 Å². The minimum absolute atomic E-state index is 0.107. The number of thiazole rings is 1. The van der Waals surface area contributed by atoms with Crippen molar-refractivity contribution in [2.45, 2.75) is 66.6 Å². The number of esters is 2. The Labute approximate surface area is 378 Å². The number of Topliss-reactive ketones (excluding diaryl/α,β-unsaturated/α-hetero) is 1. The molecule has 0 radical (unpaired) electrons. The van der Waals surface area contributed by atoms with Gasteiger partial charge in [0.1, 0.15) is 38.9 Å². The van der Waals surface area contributed by atoms with E-state index in [2.05, 4.69) is 20.3 Å². The van der Waals surface area contributed by atoms with Crippen molar-refractivity contribution in [3.05, 3.63) is 86.2 Å². The lowest BCUT2D eigenvalue weighted by Gasteiger charge is -2.26. The first-order valence-corrected chi connectivity index (χ1v) is 22.1. The molecule has 0 aliphatic carbocycles. The number of morpholine rings is 1. The molecular formula is C45H52FN9O9S. The number of hydrogen-bond acceptors (Lipinski definition) is 15. The van der Waals surface area contributed by atoms with Gasteiger partial charge in [-0.15, -0.1) is 11.3 Å². The van der Waals surface area contributed by atoms with Gasteiger partial charge in [0.05, 0.1) is 86.1 Å². The summed E-state index contributed by atoms with van der Waals surface area (Å²) in [5.74, 6) is -1.64. The quantitative estimate of drug-likeness (QED) is 0.0430. The molecule has 4 aromatic heterocycles. The maximum absolute atomic E-state index is 15.4. The van der Waals surface area contributed by atoms with Gasteiger partial charge in [-0.1, -0.05) is 19.1 Å². The second-order valence-electron chi connectivity index (χ2n) is 15.2. The molecule has 2 aromatic carbocycles. The molecular weight excluding hydrogens is 862 g/mol. The molecule has 1 aliphatic rings. The Hall–Kier alpha value is -6.51. The summed E-state index contributed by atoms with van der Waals surface area (Å²) in [5.41, 5.74) is 2.79. The maximum atomic E-state index is 15.4. The molecule has 6 aromatic rings. The van der Waals surface area contributed by atoms with Gasteiger partial charge in [-0.25, -0.2) is 28.9 Å². The summed E-state index contributed by atoms with van der Waals surface area (Å²) in [6, 6.07) is 6.29. The number of carbonyl (C=O) groups is 4. The van der Waals surface area contributed by atoms with Crippen LogP contribution >= 0.6 is 11.3 Å². The lowest BCUT2D eigenvalue weighted by molar-refractivity contribution is 0.0358. The molecule has 0 saturated carbocycles. The van der Waals surface area contributed by atoms with Crippen LogP contribution in [0.4, 0.5) is 10.3 Å². The van der Waals surface area contributed by atoms with E-state index in [4.69, 9.17) is 33.7 Å². The Morgan fingerprint density at radius 3 is 2.17 bits per heavy atom. The lowest BCUT2D eigenvalue weighted by Crippen LogP contribution is -2.37. The fourth-order valence-electron chi connectivity index (χ4n) is 7.83. The van der Waals surface area contributed by atoms with Crippen molar-refractivity contribution in [3.63, 3.8) is 0 Å². The number of aromatic nitrogens is 7. The number of hydrogen-bond donors (Lipinski definition) is 1. The van der Waals surface area contributed by atoms with E-state index in [0.717, 1.165) is 24.6 Å². The van der Waals surface area contributed by atoms with E-state index in [-0.39, 0.29) is 60.4 Å². The van der Waals surface area contributed by atoms with E-state index in [1.54, 1.807) is 40.3 Å². The van der Waals surface area contributed by atoms with Crippen LogP contribution < -0.4 is 14.8 Å². The minimum atomic E-state index is -0.697. The highest BCUT2D eigenvalue weighted by atomic mass is 32.1. The molecule has 1 aliphatic heterocycles. The number of benzene rings is 2. The van der Waals surface area contributed by atoms with Gasteiger partial charge in [0.15, 0.2) is 11.6 Å². The first-order valence-electron chi connectivity index (χ1n) is 21.3. The number of nitrogens with one attached hydrogen (secondary N) is 1. The molecule has 1 fully saturated rings. The zero-order chi connectivity index (χ0) is 46.4. The number of ketones is 1. The Bertz CT molecular complexity index is 2780. The fraction of sp³-hybridized carbons (Fsp3) is 0.422. The van der Waals surface area contributed by atoms with Crippen molar-refractivity contribution in [2.75, 3.05) is 66.1 Å². The normalized spacial score (nSPS) is 13.2. The highest BCUT2D eigenvalue weighted by Crippen LogP contribution is 2.33. The number of carbonyl (C=O) groups excluding carboxylic acids is 4. The standard InChI is InChI=1S/C45H52FN9O9S/c1-8-30-41(65-27(4)47-30)42(57)50-45-49-32-22-28(43(58)61-6)23-34(60-5)38(32)54(45)15-11-10-14-53-36(25-33(56)40-37(46)26(3)51-55(40)9-2)48-31-21-29(44(59)62-7)24-35(39(31)53)64-18-12-13-52-16-19-63-20-17-52/h10-11,21-24H,8-9,12-20,25H2,1-7H3,(H,49,50,57)/b11-10+. The summed E-state index contributed by atoms with van der Waals surface area (Å²) in [4.78, 5) is 70.2. The summed E-state index contributed by atoms with van der Waals surface area (Å²) in [7, 11) is 4.03. The topological polar surface area (TPSA) is 196 Å². The van der Waals surface area contributed by atoms with E-state index in [1.807, 2.05) is 26.0 Å². The summed E-state index contributed by atoms with van der Waals surface area (Å²) in [5, 5.41) is 7.91. The summed E-state index contributed by atoms with van der Waals surface area (Å²) >= 11 is 1.28. The van der Waals surface area contributed by atoms with Crippen molar-refractivity contribution < 1.29 is 47.3 Å². The number of ether oxygens (including phenoxy) is 5. The number of anilines is 1. The van der Waals surface area contributed by atoms with Crippen LogP contribution in [0.5, 0.6) is 11.5 Å². The van der Waals surface area contributed by atoms with Gasteiger partial charge < -0.3 is 32.8 Å². The Morgan fingerprint density at radius 2 is 1.52 bits per heavy atom. The first kappa shape index (κ1) is 46.5. The number of nitrogens with zero attached hydrogens (tertiary/aromatic N) is 8.